The summed E-state index contributed by atoms with van der Waals surface area (Å²) in [5.41, 5.74) is 0. The molecule has 5 heteroatoms. The lowest BCUT2D eigenvalue weighted by Gasteiger charge is -2.23. The van der Waals surface area contributed by atoms with Crippen molar-refractivity contribution in [2.45, 2.75) is 33.7 Å². The third-order valence-corrected chi connectivity index (χ3v) is 3.06. The van der Waals surface area contributed by atoms with Crippen molar-refractivity contribution >= 4 is 11.9 Å². The number of nitrogens with one attached hydrogen (secondary N) is 1. The predicted octanol–water partition coefficient (Wildman–Crippen LogP) is 0.476. The Morgan fingerprint density at radius 3 is 2.00 bits per heavy atom. The maximum atomic E-state index is 11.7. The fourth-order valence-corrected chi connectivity index (χ4v) is 1.10. The highest BCUT2D eigenvalue weighted by Gasteiger charge is 2.27. The molecule has 0 aromatic heterocycles. The van der Waals surface area contributed by atoms with Gasteiger partial charge in [-0.05, 0) is 12.8 Å². The van der Waals surface area contributed by atoms with Crippen molar-refractivity contribution in [2.75, 3.05) is 6.61 Å². The molecule has 94 valence electrons. The van der Waals surface area contributed by atoms with Gasteiger partial charge in [-0.2, -0.15) is 0 Å². The number of aliphatic carboxylic acids is 1. The molecule has 0 aliphatic heterocycles. The second-order valence-corrected chi connectivity index (χ2v) is 4.37. The van der Waals surface area contributed by atoms with E-state index in [0.717, 1.165) is 0 Å². The highest BCUT2D eigenvalue weighted by atomic mass is 16.4. The summed E-state index contributed by atoms with van der Waals surface area (Å²) in [7, 11) is 0. The smallest absolute Gasteiger partial charge is 0.307 e. The van der Waals surface area contributed by atoms with Crippen LogP contribution in [0.15, 0.2) is 0 Å². The fraction of sp³-hybridized carbons (Fsp3) is 0.818. The molecule has 0 aromatic rings. The minimum Gasteiger partial charge on any atom is -0.481 e. The second-order valence-electron chi connectivity index (χ2n) is 4.37. The summed E-state index contributed by atoms with van der Waals surface area (Å²) in [5.74, 6) is -2.60. The van der Waals surface area contributed by atoms with Gasteiger partial charge in [-0.15, -0.1) is 0 Å². The van der Waals surface area contributed by atoms with Crippen LogP contribution in [-0.2, 0) is 9.59 Å². The Morgan fingerprint density at radius 1 is 1.12 bits per heavy atom. The number of hydrogen-bond donors (Lipinski definition) is 3. The predicted molar refractivity (Wildman–Crippen MR) is 59.8 cm³/mol. The molecule has 0 aliphatic carbocycles. The van der Waals surface area contributed by atoms with Crippen LogP contribution in [0.1, 0.15) is 27.7 Å². The molecule has 0 fully saturated rings. The third-order valence-electron chi connectivity index (χ3n) is 3.06. The maximum Gasteiger partial charge on any atom is 0.307 e. The molecule has 0 saturated carbocycles. The van der Waals surface area contributed by atoms with E-state index in [-0.39, 0.29) is 24.5 Å². The van der Waals surface area contributed by atoms with E-state index in [0.29, 0.717) is 0 Å². The zero-order valence-electron chi connectivity index (χ0n) is 10.2. The van der Waals surface area contributed by atoms with Gasteiger partial charge in [0.15, 0.2) is 0 Å². The average molecular weight is 231 g/mol. The fourth-order valence-electron chi connectivity index (χ4n) is 1.10. The van der Waals surface area contributed by atoms with Gasteiger partial charge in [-0.3, -0.25) is 9.59 Å². The van der Waals surface area contributed by atoms with Gasteiger partial charge >= 0.3 is 5.97 Å². The molecule has 0 heterocycles. The van der Waals surface area contributed by atoms with Crippen molar-refractivity contribution in [1.29, 1.82) is 0 Å². The summed E-state index contributed by atoms with van der Waals surface area (Å²) in [6.07, 6.45) is 0. The molecule has 0 rings (SSSR count). The number of carbonyl (C=O) groups excluding carboxylic acids is 1. The second kappa shape index (κ2) is 6.48. The maximum absolute atomic E-state index is 11.7. The molecule has 0 spiro atoms. The van der Waals surface area contributed by atoms with Gasteiger partial charge in [-0.25, -0.2) is 0 Å². The Labute approximate surface area is 95.9 Å². The van der Waals surface area contributed by atoms with Crippen LogP contribution in [0.25, 0.3) is 0 Å². The Bertz CT molecular complexity index is 254. The van der Waals surface area contributed by atoms with Crippen LogP contribution < -0.4 is 5.32 Å². The van der Waals surface area contributed by atoms with E-state index in [9.17, 15) is 9.59 Å². The summed E-state index contributed by atoms with van der Waals surface area (Å²) < 4.78 is 0. The number of rotatable bonds is 6. The molecule has 0 aromatic carbocycles. The molecule has 1 amide bonds. The molecular formula is C11H21NO4. The number of aliphatic hydroxyl groups excluding tert-OH is 1. The summed E-state index contributed by atoms with van der Waals surface area (Å²) in [5, 5.41) is 20.4. The van der Waals surface area contributed by atoms with Crippen LogP contribution in [0.4, 0.5) is 0 Å². The molecular weight excluding hydrogens is 210 g/mol. The SMILES string of the molecule is CC(CO)C(C)NC(=O)C(C)C(C)C(=O)O. The molecule has 5 nitrogen and oxygen atoms in total. The first kappa shape index (κ1) is 14.9. The van der Waals surface area contributed by atoms with Crippen LogP contribution in [0, 0.1) is 17.8 Å². The number of carboxylic acid groups (broad SMARTS) is 1. The van der Waals surface area contributed by atoms with Gasteiger partial charge in [-0.1, -0.05) is 20.8 Å². The van der Waals surface area contributed by atoms with Crippen LogP contribution in [0.2, 0.25) is 0 Å². The minimum absolute atomic E-state index is 0.00961. The quantitative estimate of drug-likeness (QED) is 0.620. The zero-order chi connectivity index (χ0) is 12.9. The molecule has 4 atom stereocenters. The van der Waals surface area contributed by atoms with Crippen molar-refractivity contribution in [2.24, 2.45) is 17.8 Å². The van der Waals surface area contributed by atoms with Crippen LogP contribution >= 0.6 is 0 Å². The van der Waals surface area contributed by atoms with E-state index in [4.69, 9.17) is 10.2 Å². The average Bonchev–Trinajstić information content (AvgIpc) is 2.25. The standard InChI is InChI=1S/C11H21NO4/c1-6(5-13)9(4)12-10(14)7(2)8(3)11(15)16/h6-9,13H,5H2,1-4H3,(H,12,14)(H,15,16). The first-order valence-corrected chi connectivity index (χ1v) is 5.45. The third kappa shape index (κ3) is 4.18. The van der Waals surface area contributed by atoms with E-state index >= 15 is 0 Å². The lowest BCUT2D eigenvalue weighted by Crippen LogP contribution is -2.43. The van der Waals surface area contributed by atoms with Gasteiger partial charge < -0.3 is 15.5 Å². The Kier molecular flexibility index (Phi) is 6.03. The number of carbonyl (C=O) groups is 2. The molecule has 16 heavy (non-hydrogen) atoms. The lowest BCUT2D eigenvalue weighted by atomic mass is 9.94. The zero-order valence-corrected chi connectivity index (χ0v) is 10.2. The first-order chi connectivity index (χ1) is 7.31. The normalized spacial score (nSPS) is 18.3. The van der Waals surface area contributed by atoms with Crippen molar-refractivity contribution in [1.82, 2.24) is 5.32 Å². The highest BCUT2D eigenvalue weighted by Crippen LogP contribution is 2.12. The molecule has 0 aliphatic rings. The lowest BCUT2D eigenvalue weighted by molar-refractivity contribution is -0.146. The van der Waals surface area contributed by atoms with E-state index in [1.54, 1.807) is 13.8 Å². The summed E-state index contributed by atoms with van der Waals surface area (Å²) in [6.45, 7) is 6.69. The number of hydrogen-bond acceptors (Lipinski definition) is 3. The first-order valence-electron chi connectivity index (χ1n) is 5.45. The van der Waals surface area contributed by atoms with Gasteiger partial charge in [0.25, 0.3) is 0 Å². The van der Waals surface area contributed by atoms with E-state index < -0.39 is 17.8 Å². The minimum atomic E-state index is -0.981. The van der Waals surface area contributed by atoms with Crippen LogP contribution in [0.3, 0.4) is 0 Å². The number of amides is 1. The Balaban J connectivity index is 4.30. The van der Waals surface area contributed by atoms with Gasteiger partial charge in [0.2, 0.25) is 5.91 Å². The van der Waals surface area contributed by atoms with E-state index in [1.165, 1.54) is 6.92 Å². The Morgan fingerprint density at radius 2 is 1.62 bits per heavy atom. The van der Waals surface area contributed by atoms with Crippen LogP contribution in [-0.4, -0.2) is 34.7 Å². The molecule has 0 bridgehead atoms. The Hall–Kier alpha value is -1.10. The van der Waals surface area contributed by atoms with Gasteiger partial charge in [0, 0.05) is 18.6 Å². The monoisotopic (exact) mass is 231 g/mol. The largest absolute Gasteiger partial charge is 0.481 e. The number of aliphatic hydroxyl groups is 1. The van der Waals surface area contributed by atoms with E-state index in [2.05, 4.69) is 5.32 Å². The molecule has 3 N–H and O–H groups in total. The highest BCUT2D eigenvalue weighted by molar-refractivity contribution is 5.84. The molecule has 0 radical (unpaired) electrons. The summed E-state index contributed by atoms with van der Waals surface area (Å²) >= 11 is 0. The molecule has 0 saturated heterocycles. The van der Waals surface area contributed by atoms with Crippen molar-refractivity contribution < 1.29 is 19.8 Å². The van der Waals surface area contributed by atoms with Crippen LogP contribution in [0.5, 0.6) is 0 Å². The van der Waals surface area contributed by atoms with E-state index in [1.807, 2.05) is 6.92 Å². The number of carboxylic acids is 1. The van der Waals surface area contributed by atoms with Crippen molar-refractivity contribution in [3.8, 4) is 0 Å². The molecule has 4 unspecified atom stereocenters. The van der Waals surface area contributed by atoms with Crippen molar-refractivity contribution in [3.05, 3.63) is 0 Å². The van der Waals surface area contributed by atoms with Crippen molar-refractivity contribution in [3.63, 3.8) is 0 Å². The summed E-state index contributed by atoms with van der Waals surface area (Å²) in [6, 6.07) is -0.166. The summed E-state index contributed by atoms with van der Waals surface area (Å²) in [4.78, 5) is 22.4. The van der Waals surface area contributed by atoms with Gasteiger partial charge in [0.1, 0.15) is 0 Å². The van der Waals surface area contributed by atoms with Gasteiger partial charge in [0.05, 0.1) is 5.92 Å². The topological polar surface area (TPSA) is 86.6 Å².